The van der Waals surface area contributed by atoms with Gasteiger partial charge in [0, 0.05) is 22.7 Å². The van der Waals surface area contributed by atoms with E-state index >= 15 is 0 Å². The third-order valence-corrected chi connectivity index (χ3v) is 5.95. The Labute approximate surface area is 121 Å². The molecule has 0 bridgehead atoms. The van der Waals surface area contributed by atoms with E-state index in [2.05, 4.69) is 36.5 Å². The van der Waals surface area contributed by atoms with Crippen molar-refractivity contribution in [1.29, 1.82) is 0 Å². The summed E-state index contributed by atoms with van der Waals surface area (Å²) in [6.45, 7) is 2.40. The third-order valence-electron chi connectivity index (χ3n) is 4.77. The van der Waals surface area contributed by atoms with Crippen LogP contribution in [0.5, 0.6) is 0 Å². The fourth-order valence-corrected chi connectivity index (χ4v) is 4.74. The highest BCUT2D eigenvalue weighted by Crippen LogP contribution is 2.38. The summed E-state index contributed by atoms with van der Waals surface area (Å²) in [5, 5.41) is 3.91. The lowest BCUT2D eigenvalue weighted by Gasteiger charge is -2.27. The Hall–Kier alpha value is -0.470. The third kappa shape index (κ3) is 3.17. The molecule has 0 amide bonds. The molecule has 1 aromatic rings. The second-order valence-electron chi connectivity index (χ2n) is 6.11. The van der Waals surface area contributed by atoms with Gasteiger partial charge in [-0.3, -0.25) is 0 Å². The van der Waals surface area contributed by atoms with E-state index in [-0.39, 0.29) is 0 Å². The summed E-state index contributed by atoms with van der Waals surface area (Å²) in [6.07, 6.45) is 8.63. The Morgan fingerprint density at radius 3 is 2.63 bits per heavy atom. The summed E-state index contributed by atoms with van der Waals surface area (Å²) in [5.74, 6) is 2.09. The van der Waals surface area contributed by atoms with Crippen molar-refractivity contribution in [3.8, 4) is 0 Å². The van der Waals surface area contributed by atoms with E-state index in [1.807, 2.05) is 11.8 Å². The predicted molar refractivity (Wildman–Crippen MR) is 83.7 cm³/mol. The van der Waals surface area contributed by atoms with Crippen LogP contribution in [0, 0.1) is 5.92 Å². The molecule has 1 nitrogen and oxygen atoms in total. The van der Waals surface area contributed by atoms with Gasteiger partial charge in [-0.1, -0.05) is 43.9 Å². The predicted octanol–water partition coefficient (Wildman–Crippen LogP) is 4.78. The molecule has 0 radical (unpaired) electrons. The molecule has 19 heavy (non-hydrogen) atoms. The molecule has 2 atom stereocenters. The van der Waals surface area contributed by atoms with Crippen molar-refractivity contribution in [3.05, 3.63) is 29.8 Å². The molecule has 2 heteroatoms. The zero-order valence-electron chi connectivity index (χ0n) is 11.9. The van der Waals surface area contributed by atoms with Gasteiger partial charge in [0.25, 0.3) is 0 Å². The average Bonchev–Trinajstić information content (AvgIpc) is 2.66. The van der Waals surface area contributed by atoms with Gasteiger partial charge < -0.3 is 5.32 Å². The van der Waals surface area contributed by atoms with E-state index in [4.69, 9.17) is 0 Å². The molecule has 3 rings (SSSR count). The second-order valence-corrected chi connectivity index (χ2v) is 7.17. The van der Waals surface area contributed by atoms with Gasteiger partial charge in [0.2, 0.25) is 0 Å². The number of hydrogen-bond acceptors (Lipinski definition) is 2. The van der Waals surface area contributed by atoms with Crippen LogP contribution in [0.25, 0.3) is 0 Å². The van der Waals surface area contributed by atoms with Gasteiger partial charge in [-0.2, -0.15) is 0 Å². The first-order valence-electron chi connectivity index (χ1n) is 7.82. The lowest BCUT2D eigenvalue weighted by atomic mass is 9.92. The number of hydrogen-bond donors (Lipinski definition) is 1. The molecule has 2 aliphatic rings. The second kappa shape index (κ2) is 6.32. The van der Waals surface area contributed by atoms with Gasteiger partial charge >= 0.3 is 0 Å². The molecule has 1 heterocycles. The zero-order chi connectivity index (χ0) is 13.1. The van der Waals surface area contributed by atoms with E-state index in [1.54, 1.807) is 0 Å². The molecular weight excluding hydrogens is 250 g/mol. The van der Waals surface area contributed by atoms with E-state index in [1.165, 1.54) is 54.7 Å². The van der Waals surface area contributed by atoms with Gasteiger partial charge in [0.1, 0.15) is 0 Å². The van der Waals surface area contributed by atoms with Crippen LogP contribution in [0.15, 0.2) is 29.2 Å². The fourth-order valence-electron chi connectivity index (χ4n) is 3.57. The molecule has 1 fully saturated rings. The molecule has 0 saturated heterocycles. The number of nitrogens with one attached hydrogen (secondary N) is 1. The highest BCUT2D eigenvalue weighted by Gasteiger charge is 2.26. The molecule has 1 aromatic carbocycles. The van der Waals surface area contributed by atoms with Crippen LogP contribution in [0.2, 0.25) is 0 Å². The molecule has 0 aromatic heterocycles. The topological polar surface area (TPSA) is 12.0 Å². The highest BCUT2D eigenvalue weighted by atomic mass is 32.2. The van der Waals surface area contributed by atoms with E-state index in [0.717, 1.165) is 5.92 Å². The van der Waals surface area contributed by atoms with Gasteiger partial charge in [-0.15, -0.1) is 11.8 Å². The smallest absolute Gasteiger partial charge is 0.0428 e. The summed E-state index contributed by atoms with van der Waals surface area (Å²) in [4.78, 5) is 1.48. The molecule has 0 spiro atoms. The highest BCUT2D eigenvalue weighted by molar-refractivity contribution is 7.99. The minimum Gasteiger partial charge on any atom is -0.306 e. The Kier molecular flexibility index (Phi) is 4.49. The van der Waals surface area contributed by atoms with Gasteiger partial charge in [-0.25, -0.2) is 0 Å². The summed E-state index contributed by atoms with van der Waals surface area (Å²) < 4.78 is 0. The van der Waals surface area contributed by atoms with Crippen LogP contribution < -0.4 is 5.32 Å². The minimum atomic E-state index is 0.569. The van der Waals surface area contributed by atoms with E-state index in [9.17, 15) is 0 Å². The minimum absolute atomic E-state index is 0.569. The summed E-state index contributed by atoms with van der Waals surface area (Å²) in [6, 6.07) is 10.1. The quantitative estimate of drug-likeness (QED) is 0.797. The summed E-state index contributed by atoms with van der Waals surface area (Å²) >= 11 is 2.01. The standard InChI is InChI=1S/C17H25NS/c1-13(14-8-4-2-3-5-9-14)18-16-12-19-17-11-7-6-10-15(16)17/h6-7,10-11,13-14,16,18H,2-5,8-9,12H2,1H3/t13-,16?/m0/s1. The number of rotatable bonds is 3. The van der Waals surface area contributed by atoms with Gasteiger partial charge in [0.15, 0.2) is 0 Å². The molecule has 1 aliphatic carbocycles. The Morgan fingerprint density at radius 1 is 1.11 bits per heavy atom. The monoisotopic (exact) mass is 275 g/mol. The number of benzene rings is 1. The molecule has 1 unspecified atom stereocenters. The van der Waals surface area contributed by atoms with Crippen molar-refractivity contribution in [3.63, 3.8) is 0 Å². The normalized spacial score (nSPS) is 25.8. The Morgan fingerprint density at radius 2 is 1.84 bits per heavy atom. The maximum Gasteiger partial charge on any atom is 0.0428 e. The van der Waals surface area contributed by atoms with Crippen molar-refractivity contribution in [2.24, 2.45) is 5.92 Å². The SMILES string of the molecule is C[C@H](NC1CSc2ccccc21)C1CCCCCC1. The first kappa shape index (κ1) is 13.5. The van der Waals surface area contributed by atoms with Gasteiger partial charge in [0.05, 0.1) is 0 Å². The van der Waals surface area contributed by atoms with Crippen LogP contribution in [0.1, 0.15) is 57.1 Å². The molecule has 104 valence electrons. The molecule has 1 N–H and O–H groups in total. The average molecular weight is 275 g/mol. The van der Waals surface area contributed by atoms with Crippen molar-refractivity contribution >= 4 is 11.8 Å². The maximum atomic E-state index is 3.91. The molecule has 1 saturated carbocycles. The maximum absolute atomic E-state index is 3.91. The zero-order valence-corrected chi connectivity index (χ0v) is 12.7. The Balaban J connectivity index is 1.62. The van der Waals surface area contributed by atoms with Crippen molar-refractivity contribution < 1.29 is 0 Å². The number of thioether (sulfide) groups is 1. The van der Waals surface area contributed by atoms with Crippen molar-refractivity contribution in [1.82, 2.24) is 5.32 Å². The van der Waals surface area contributed by atoms with Crippen LogP contribution in [0.3, 0.4) is 0 Å². The van der Waals surface area contributed by atoms with Crippen LogP contribution in [-0.2, 0) is 0 Å². The van der Waals surface area contributed by atoms with Crippen LogP contribution in [0.4, 0.5) is 0 Å². The first-order valence-corrected chi connectivity index (χ1v) is 8.81. The van der Waals surface area contributed by atoms with Crippen molar-refractivity contribution in [2.45, 2.75) is 62.4 Å². The summed E-state index contributed by atoms with van der Waals surface area (Å²) in [7, 11) is 0. The molecule has 1 aliphatic heterocycles. The first-order chi connectivity index (χ1) is 9.34. The summed E-state index contributed by atoms with van der Waals surface area (Å²) in [5.41, 5.74) is 1.52. The fraction of sp³-hybridized carbons (Fsp3) is 0.647. The van der Waals surface area contributed by atoms with Crippen LogP contribution >= 0.6 is 11.8 Å². The largest absolute Gasteiger partial charge is 0.306 e. The molecular formula is C17H25NS. The van der Waals surface area contributed by atoms with Gasteiger partial charge in [-0.05, 0) is 37.3 Å². The van der Waals surface area contributed by atoms with Crippen LogP contribution in [-0.4, -0.2) is 11.8 Å². The lowest BCUT2D eigenvalue weighted by Crippen LogP contribution is -2.36. The van der Waals surface area contributed by atoms with E-state index < -0.39 is 0 Å². The number of fused-ring (bicyclic) bond motifs is 1. The van der Waals surface area contributed by atoms with E-state index in [0.29, 0.717) is 12.1 Å². The Bertz CT molecular complexity index is 409. The van der Waals surface area contributed by atoms with Crippen molar-refractivity contribution in [2.75, 3.05) is 5.75 Å². The lowest BCUT2D eigenvalue weighted by molar-refractivity contribution is 0.318.